The Kier molecular flexibility index (Phi) is 3.01. The summed E-state index contributed by atoms with van der Waals surface area (Å²) in [6, 6.07) is 14.8. The van der Waals surface area contributed by atoms with E-state index in [-0.39, 0.29) is 0 Å². The van der Waals surface area contributed by atoms with Crippen LogP contribution in [0.1, 0.15) is 30.0 Å². The molecule has 1 aliphatic carbocycles. The maximum atomic E-state index is 5.89. The number of nitrogens with zero attached hydrogens (tertiary/aromatic N) is 1. The molecule has 0 unspecified atom stereocenters. The summed E-state index contributed by atoms with van der Waals surface area (Å²) in [5, 5.41) is 0. The molecule has 0 aliphatic heterocycles. The van der Waals surface area contributed by atoms with E-state index < -0.39 is 0 Å². The van der Waals surface area contributed by atoms with Crippen LogP contribution in [0.5, 0.6) is 0 Å². The molecule has 92 valence electrons. The standard InChI is InChI=1S/C16H18N2/c17-15-9-11-18(16(12-15)14-6-7-14)10-8-13-4-2-1-3-5-13/h1-5,9,11-12,14,17H,6-8,10H2/p+1. The lowest BCUT2D eigenvalue weighted by Gasteiger charge is -2.04. The molecule has 0 amide bonds. The van der Waals surface area contributed by atoms with Crippen LogP contribution in [0.25, 0.3) is 0 Å². The van der Waals surface area contributed by atoms with E-state index in [0.717, 1.165) is 24.6 Å². The van der Waals surface area contributed by atoms with E-state index in [0.29, 0.717) is 0 Å². The predicted octanol–water partition coefficient (Wildman–Crippen LogP) is 2.68. The molecule has 2 N–H and O–H groups in total. The van der Waals surface area contributed by atoms with Crippen LogP contribution in [-0.2, 0) is 13.0 Å². The molecule has 0 atom stereocenters. The first-order chi connectivity index (χ1) is 8.83. The van der Waals surface area contributed by atoms with Crippen LogP contribution in [-0.4, -0.2) is 0 Å². The summed E-state index contributed by atoms with van der Waals surface area (Å²) < 4.78 is 2.36. The van der Waals surface area contributed by atoms with E-state index in [9.17, 15) is 0 Å². The maximum absolute atomic E-state index is 5.89. The van der Waals surface area contributed by atoms with Crippen molar-refractivity contribution in [2.75, 3.05) is 5.73 Å². The Hall–Kier alpha value is -1.83. The molecule has 3 rings (SSSR count). The fraction of sp³-hybridized carbons (Fsp3) is 0.312. The summed E-state index contributed by atoms with van der Waals surface area (Å²) in [6.07, 6.45) is 5.84. The fourth-order valence-electron chi connectivity index (χ4n) is 2.39. The third-order valence-electron chi connectivity index (χ3n) is 3.57. The minimum atomic E-state index is 0.740. The largest absolute Gasteiger partial charge is 0.398 e. The van der Waals surface area contributed by atoms with Crippen LogP contribution in [0, 0.1) is 0 Å². The van der Waals surface area contributed by atoms with Gasteiger partial charge < -0.3 is 5.73 Å². The SMILES string of the molecule is Nc1cc[n+](CCc2ccccc2)c(C2CC2)c1. The second-order valence-corrected chi connectivity index (χ2v) is 5.09. The Labute approximate surface area is 108 Å². The Balaban J connectivity index is 1.76. The van der Waals surface area contributed by atoms with Crippen LogP contribution >= 0.6 is 0 Å². The number of pyridine rings is 1. The zero-order chi connectivity index (χ0) is 12.4. The lowest BCUT2D eigenvalue weighted by Crippen LogP contribution is -2.38. The van der Waals surface area contributed by atoms with Crippen molar-refractivity contribution in [3.8, 4) is 0 Å². The van der Waals surface area contributed by atoms with Gasteiger partial charge in [-0.05, 0) is 18.4 Å². The van der Waals surface area contributed by atoms with Crippen molar-refractivity contribution < 1.29 is 4.57 Å². The highest BCUT2D eigenvalue weighted by Gasteiger charge is 2.31. The summed E-state index contributed by atoms with van der Waals surface area (Å²) in [5.74, 6) is 0.740. The monoisotopic (exact) mass is 239 g/mol. The van der Waals surface area contributed by atoms with Crippen molar-refractivity contribution in [2.45, 2.75) is 31.7 Å². The van der Waals surface area contributed by atoms with Gasteiger partial charge in [0.25, 0.3) is 0 Å². The molecule has 1 aromatic heterocycles. The average Bonchev–Trinajstić information content (AvgIpc) is 3.23. The molecule has 1 aromatic carbocycles. The van der Waals surface area contributed by atoms with Gasteiger partial charge in [-0.1, -0.05) is 30.3 Å². The van der Waals surface area contributed by atoms with Crippen molar-refractivity contribution in [1.29, 1.82) is 0 Å². The fourth-order valence-corrected chi connectivity index (χ4v) is 2.39. The van der Waals surface area contributed by atoms with Gasteiger partial charge in [0.1, 0.15) is 0 Å². The molecule has 1 saturated carbocycles. The lowest BCUT2D eigenvalue weighted by molar-refractivity contribution is -0.703. The van der Waals surface area contributed by atoms with Gasteiger partial charge in [-0.15, -0.1) is 0 Å². The normalized spacial score (nSPS) is 14.7. The molecule has 2 nitrogen and oxygen atoms in total. The third-order valence-corrected chi connectivity index (χ3v) is 3.57. The average molecular weight is 239 g/mol. The Morgan fingerprint density at radius 2 is 1.89 bits per heavy atom. The molecular formula is C16H19N2+. The minimum Gasteiger partial charge on any atom is -0.398 e. The van der Waals surface area contributed by atoms with Crippen LogP contribution in [0.2, 0.25) is 0 Å². The highest BCUT2D eigenvalue weighted by atomic mass is 15.0. The van der Waals surface area contributed by atoms with Crippen molar-refractivity contribution in [2.24, 2.45) is 0 Å². The number of benzene rings is 1. The summed E-state index contributed by atoms with van der Waals surface area (Å²) >= 11 is 0. The zero-order valence-corrected chi connectivity index (χ0v) is 10.5. The molecule has 1 heterocycles. The van der Waals surface area contributed by atoms with Gasteiger partial charge in [-0.2, -0.15) is 0 Å². The number of rotatable bonds is 4. The van der Waals surface area contributed by atoms with Crippen LogP contribution < -0.4 is 10.3 Å². The Morgan fingerprint density at radius 3 is 2.61 bits per heavy atom. The predicted molar refractivity (Wildman–Crippen MR) is 73.2 cm³/mol. The van der Waals surface area contributed by atoms with Crippen molar-refractivity contribution in [1.82, 2.24) is 0 Å². The first-order valence-corrected chi connectivity index (χ1v) is 6.66. The van der Waals surface area contributed by atoms with Gasteiger partial charge >= 0.3 is 0 Å². The Bertz CT molecular complexity index is 530. The Morgan fingerprint density at radius 1 is 1.11 bits per heavy atom. The number of hydrogen-bond donors (Lipinski definition) is 1. The molecule has 2 aromatic rings. The quantitative estimate of drug-likeness (QED) is 0.817. The summed E-state index contributed by atoms with van der Waals surface area (Å²) in [4.78, 5) is 0. The second kappa shape index (κ2) is 4.81. The first-order valence-electron chi connectivity index (χ1n) is 6.66. The number of hydrogen-bond acceptors (Lipinski definition) is 1. The molecule has 0 spiro atoms. The van der Waals surface area contributed by atoms with E-state index in [1.165, 1.54) is 24.1 Å². The third kappa shape index (κ3) is 2.53. The molecule has 1 fully saturated rings. The number of aromatic nitrogens is 1. The van der Waals surface area contributed by atoms with Crippen molar-refractivity contribution >= 4 is 5.69 Å². The molecule has 0 radical (unpaired) electrons. The van der Waals surface area contributed by atoms with Gasteiger partial charge in [0, 0.05) is 30.2 Å². The van der Waals surface area contributed by atoms with Gasteiger partial charge in [0.2, 0.25) is 0 Å². The number of nitrogen functional groups attached to an aromatic ring is 1. The number of aryl methyl sites for hydroxylation is 2. The summed E-state index contributed by atoms with van der Waals surface area (Å²) in [6.45, 7) is 1.04. The minimum absolute atomic E-state index is 0.740. The second-order valence-electron chi connectivity index (χ2n) is 5.09. The van der Waals surface area contributed by atoms with Gasteiger partial charge in [0.15, 0.2) is 18.4 Å². The first kappa shape index (κ1) is 11.3. The van der Waals surface area contributed by atoms with Crippen LogP contribution in [0.4, 0.5) is 5.69 Å². The van der Waals surface area contributed by atoms with E-state index >= 15 is 0 Å². The topological polar surface area (TPSA) is 29.9 Å². The molecule has 0 saturated heterocycles. The lowest BCUT2D eigenvalue weighted by atomic mass is 10.1. The van der Waals surface area contributed by atoms with Gasteiger partial charge in [0.05, 0.1) is 0 Å². The molecule has 18 heavy (non-hydrogen) atoms. The summed E-state index contributed by atoms with van der Waals surface area (Å²) in [5.41, 5.74) is 9.57. The van der Waals surface area contributed by atoms with E-state index in [1.807, 2.05) is 6.07 Å². The van der Waals surface area contributed by atoms with Crippen molar-refractivity contribution in [3.05, 3.63) is 59.9 Å². The molecule has 1 aliphatic rings. The highest BCUT2D eigenvalue weighted by molar-refractivity contribution is 5.37. The zero-order valence-electron chi connectivity index (χ0n) is 10.5. The van der Waals surface area contributed by atoms with E-state index in [4.69, 9.17) is 5.73 Å². The number of nitrogens with two attached hydrogens (primary N) is 1. The van der Waals surface area contributed by atoms with E-state index in [1.54, 1.807) is 0 Å². The molecule has 2 heteroatoms. The highest BCUT2D eigenvalue weighted by Crippen LogP contribution is 2.38. The molecule has 0 bridgehead atoms. The van der Waals surface area contributed by atoms with Crippen molar-refractivity contribution in [3.63, 3.8) is 0 Å². The summed E-state index contributed by atoms with van der Waals surface area (Å²) in [7, 11) is 0. The van der Waals surface area contributed by atoms with Crippen LogP contribution in [0.15, 0.2) is 48.7 Å². The van der Waals surface area contributed by atoms with Gasteiger partial charge in [-0.3, -0.25) is 0 Å². The van der Waals surface area contributed by atoms with Crippen LogP contribution in [0.3, 0.4) is 0 Å². The van der Waals surface area contributed by atoms with E-state index in [2.05, 4.69) is 47.2 Å². The van der Waals surface area contributed by atoms with Gasteiger partial charge in [-0.25, -0.2) is 4.57 Å². The maximum Gasteiger partial charge on any atom is 0.186 e. The smallest absolute Gasteiger partial charge is 0.186 e. The number of anilines is 1. The molecular weight excluding hydrogens is 220 g/mol.